The van der Waals surface area contributed by atoms with Crippen molar-refractivity contribution in [2.24, 2.45) is 0 Å². The lowest BCUT2D eigenvalue weighted by Gasteiger charge is -2.42. The van der Waals surface area contributed by atoms with Crippen LogP contribution >= 0.6 is 0 Å². The molecule has 0 spiro atoms. The molecule has 1 aliphatic carbocycles. The van der Waals surface area contributed by atoms with Crippen LogP contribution in [-0.4, -0.2) is 17.4 Å². The summed E-state index contributed by atoms with van der Waals surface area (Å²) in [6, 6.07) is 17.0. The summed E-state index contributed by atoms with van der Waals surface area (Å²) in [5.41, 5.74) is 8.52. The topological polar surface area (TPSA) is 33.5 Å². The summed E-state index contributed by atoms with van der Waals surface area (Å²) in [6.45, 7) is 13.0. The van der Waals surface area contributed by atoms with Crippen molar-refractivity contribution < 1.29 is 9.21 Å². The number of hydrogen-bond donors (Lipinski definition) is 0. The zero-order chi connectivity index (χ0) is 23.4. The molecule has 2 aromatic carbocycles. The summed E-state index contributed by atoms with van der Waals surface area (Å²) in [5, 5.41) is 0. The molecular formula is C30H35NO2. The van der Waals surface area contributed by atoms with Gasteiger partial charge in [0.2, 0.25) is 0 Å². The quantitative estimate of drug-likeness (QED) is 0.452. The molecule has 1 aliphatic heterocycles. The minimum absolute atomic E-state index is 0.0131. The number of fused-ring (bicyclic) bond motifs is 2. The zero-order valence-electron chi connectivity index (χ0n) is 20.6. The molecule has 1 aromatic heterocycles. The largest absolute Gasteiger partial charge is 0.456 e. The van der Waals surface area contributed by atoms with Gasteiger partial charge in [-0.15, -0.1) is 0 Å². The van der Waals surface area contributed by atoms with Gasteiger partial charge in [0.1, 0.15) is 5.76 Å². The Balaban J connectivity index is 1.37. The minimum Gasteiger partial charge on any atom is -0.456 e. The van der Waals surface area contributed by atoms with Crippen LogP contribution in [0.25, 0.3) is 0 Å². The van der Waals surface area contributed by atoms with Gasteiger partial charge in [-0.05, 0) is 82.5 Å². The molecule has 0 bridgehead atoms. The van der Waals surface area contributed by atoms with Gasteiger partial charge in [-0.2, -0.15) is 0 Å². The molecule has 0 N–H and O–H groups in total. The predicted molar refractivity (Wildman–Crippen MR) is 133 cm³/mol. The second kappa shape index (κ2) is 7.90. The van der Waals surface area contributed by atoms with Crippen LogP contribution in [0.15, 0.2) is 52.9 Å². The number of carbonyl (C=O) groups is 1. The molecule has 0 atom stereocenters. The summed E-state index contributed by atoms with van der Waals surface area (Å²) in [6.07, 6.45) is 4.03. The molecule has 0 saturated heterocycles. The Hall–Kier alpha value is -2.81. The Labute approximate surface area is 197 Å². The third-order valence-electron chi connectivity index (χ3n) is 7.96. The molecule has 5 rings (SSSR count). The van der Waals surface area contributed by atoms with Crippen LogP contribution in [0.2, 0.25) is 0 Å². The van der Waals surface area contributed by atoms with Gasteiger partial charge in [-0.3, -0.25) is 4.79 Å². The SMILES string of the molecule is Cc1cc2c(cc1Cc1ccc(C(=O)N3CCc4ccccc4C3)o1)C(C)(C)CCC2(C)C. The van der Waals surface area contributed by atoms with E-state index in [-0.39, 0.29) is 16.7 Å². The van der Waals surface area contributed by atoms with Crippen molar-refractivity contribution >= 4 is 5.91 Å². The number of furan rings is 1. The van der Waals surface area contributed by atoms with Crippen LogP contribution in [-0.2, 0) is 30.2 Å². The normalized spacial score (nSPS) is 18.5. The fourth-order valence-electron chi connectivity index (χ4n) is 5.56. The first-order chi connectivity index (χ1) is 15.6. The average molecular weight is 442 g/mol. The van der Waals surface area contributed by atoms with Crippen LogP contribution < -0.4 is 0 Å². The van der Waals surface area contributed by atoms with Gasteiger partial charge in [-0.1, -0.05) is 64.1 Å². The number of hydrogen-bond acceptors (Lipinski definition) is 2. The third kappa shape index (κ3) is 4.03. The number of nitrogens with zero attached hydrogens (tertiary/aromatic N) is 1. The summed E-state index contributed by atoms with van der Waals surface area (Å²) >= 11 is 0. The lowest BCUT2D eigenvalue weighted by Crippen LogP contribution is -2.35. The Morgan fingerprint density at radius 2 is 1.61 bits per heavy atom. The molecule has 0 saturated carbocycles. The molecule has 1 amide bonds. The van der Waals surface area contributed by atoms with Crippen molar-refractivity contribution in [1.82, 2.24) is 4.90 Å². The van der Waals surface area contributed by atoms with Gasteiger partial charge in [0.05, 0.1) is 0 Å². The van der Waals surface area contributed by atoms with Crippen LogP contribution in [0, 0.1) is 6.92 Å². The van der Waals surface area contributed by atoms with Crippen LogP contribution in [0.5, 0.6) is 0 Å². The highest BCUT2D eigenvalue weighted by Gasteiger charge is 2.37. The Morgan fingerprint density at radius 1 is 0.939 bits per heavy atom. The third-order valence-corrected chi connectivity index (χ3v) is 7.96. The molecule has 2 aliphatic rings. The highest BCUT2D eigenvalue weighted by molar-refractivity contribution is 5.91. The molecule has 172 valence electrons. The standard InChI is InChI=1S/C30H35NO2/c1-20-16-25-26(30(4,5)14-13-29(25,2)3)18-23(20)17-24-10-11-27(33-24)28(32)31-15-12-21-8-6-7-9-22(21)19-31/h6-11,16,18H,12-15,17,19H2,1-5H3. The molecule has 2 heterocycles. The predicted octanol–water partition coefficient (Wildman–Crippen LogP) is 6.73. The summed E-state index contributed by atoms with van der Waals surface area (Å²) in [4.78, 5) is 15.0. The molecule has 0 unspecified atom stereocenters. The molecular weight excluding hydrogens is 406 g/mol. The maximum Gasteiger partial charge on any atom is 0.289 e. The van der Waals surface area contributed by atoms with Crippen LogP contribution in [0.3, 0.4) is 0 Å². The minimum atomic E-state index is -0.0131. The highest BCUT2D eigenvalue weighted by atomic mass is 16.4. The summed E-state index contributed by atoms with van der Waals surface area (Å²) < 4.78 is 6.09. The van der Waals surface area contributed by atoms with E-state index in [4.69, 9.17) is 4.42 Å². The number of aryl methyl sites for hydroxylation is 1. The van der Waals surface area contributed by atoms with E-state index in [9.17, 15) is 4.79 Å². The van der Waals surface area contributed by atoms with E-state index in [1.807, 2.05) is 23.1 Å². The van der Waals surface area contributed by atoms with Gasteiger partial charge in [-0.25, -0.2) is 0 Å². The summed E-state index contributed by atoms with van der Waals surface area (Å²) in [7, 11) is 0. The van der Waals surface area contributed by atoms with Crippen LogP contribution in [0.1, 0.15) is 90.2 Å². The average Bonchev–Trinajstić information content (AvgIpc) is 3.26. The zero-order valence-corrected chi connectivity index (χ0v) is 20.6. The van der Waals surface area contributed by atoms with Crippen LogP contribution in [0.4, 0.5) is 0 Å². The van der Waals surface area contributed by atoms with Crippen molar-refractivity contribution in [3.8, 4) is 0 Å². The highest BCUT2D eigenvalue weighted by Crippen LogP contribution is 2.46. The van der Waals surface area contributed by atoms with E-state index >= 15 is 0 Å². The van der Waals surface area contributed by atoms with E-state index in [2.05, 4.69) is 65.0 Å². The Morgan fingerprint density at radius 3 is 2.33 bits per heavy atom. The first kappa shape index (κ1) is 22.0. The number of carbonyl (C=O) groups excluding carboxylic acids is 1. The van der Waals surface area contributed by atoms with E-state index < -0.39 is 0 Å². The fraction of sp³-hybridized carbons (Fsp3) is 0.433. The number of rotatable bonds is 3. The maximum absolute atomic E-state index is 13.1. The van der Waals surface area contributed by atoms with Gasteiger partial charge in [0.15, 0.2) is 5.76 Å². The van der Waals surface area contributed by atoms with E-state index in [0.717, 1.165) is 18.7 Å². The number of benzene rings is 2. The monoisotopic (exact) mass is 441 g/mol. The van der Waals surface area contributed by atoms with Gasteiger partial charge in [0.25, 0.3) is 5.91 Å². The van der Waals surface area contributed by atoms with Crippen molar-refractivity contribution in [3.63, 3.8) is 0 Å². The molecule has 3 heteroatoms. The smallest absolute Gasteiger partial charge is 0.289 e. The van der Waals surface area contributed by atoms with Gasteiger partial charge in [0, 0.05) is 19.5 Å². The van der Waals surface area contributed by atoms with E-state index in [0.29, 0.717) is 18.7 Å². The van der Waals surface area contributed by atoms with E-state index in [1.54, 1.807) is 0 Å². The van der Waals surface area contributed by atoms with Crippen molar-refractivity contribution in [2.75, 3.05) is 6.54 Å². The molecule has 3 nitrogen and oxygen atoms in total. The van der Waals surface area contributed by atoms with Crippen molar-refractivity contribution in [2.45, 2.75) is 77.7 Å². The lowest BCUT2D eigenvalue weighted by atomic mass is 9.62. The molecule has 0 radical (unpaired) electrons. The molecule has 0 fully saturated rings. The first-order valence-electron chi connectivity index (χ1n) is 12.2. The Kier molecular flexibility index (Phi) is 5.27. The first-order valence-corrected chi connectivity index (χ1v) is 12.2. The second-order valence-electron chi connectivity index (χ2n) is 11.3. The summed E-state index contributed by atoms with van der Waals surface area (Å²) in [5.74, 6) is 1.29. The second-order valence-corrected chi connectivity index (χ2v) is 11.3. The maximum atomic E-state index is 13.1. The molecule has 33 heavy (non-hydrogen) atoms. The number of amides is 1. The van der Waals surface area contributed by atoms with Crippen molar-refractivity contribution in [3.05, 3.63) is 93.4 Å². The van der Waals surface area contributed by atoms with Gasteiger partial charge >= 0.3 is 0 Å². The lowest BCUT2D eigenvalue weighted by molar-refractivity contribution is 0.0700. The Bertz CT molecular complexity index is 1210. The fourth-order valence-corrected chi connectivity index (χ4v) is 5.56. The van der Waals surface area contributed by atoms with Gasteiger partial charge < -0.3 is 9.32 Å². The molecule has 3 aromatic rings. The van der Waals surface area contributed by atoms with Crippen molar-refractivity contribution in [1.29, 1.82) is 0 Å². The van der Waals surface area contributed by atoms with E-state index in [1.165, 1.54) is 46.2 Å².